The number of amides is 1. The van der Waals surface area contributed by atoms with Crippen molar-refractivity contribution in [1.82, 2.24) is 9.97 Å². The number of hydrogen-bond acceptors (Lipinski definition) is 8. The number of benzene rings is 1. The van der Waals surface area contributed by atoms with Gasteiger partial charge in [0.25, 0.3) is 5.91 Å². The van der Waals surface area contributed by atoms with Crippen molar-refractivity contribution in [3.05, 3.63) is 47.3 Å². The minimum Gasteiger partial charge on any atom is -0.491 e. The van der Waals surface area contributed by atoms with Crippen molar-refractivity contribution in [2.24, 2.45) is 5.92 Å². The Morgan fingerprint density at radius 3 is 2.49 bits per heavy atom. The summed E-state index contributed by atoms with van der Waals surface area (Å²) >= 11 is 0. The number of carbonyl (C=O) groups excluding carboxylic acids is 1. The second kappa shape index (κ2) is 11.3. The van der Waals surface area contributed by atoms with E-state index in [0.717, 1.165) is 25.4 Å². The maximum absolute atomic E-state index is 14.4. The number of alkyl halides is 3. The van der Waals surface area contributed by atoms with Crippen molar-refractivity contribution in [1.29, 1.82) is 0 Å². The van der Waals surface area contributed by atoms with E-state index in [4.69, 9.17) is 19.3 Å². The second-order valence-corrected chi connectivity index (χ2v) is 8.91. The molecular weight excluding hydrogens is 502 g/mol. The molecule has 13 heteroatoms. The molecule has 1 aromatic carbocycles. The first-order valence-corrected chi connectivity index (χ1v) is 11.4. The Labute approximate surface area is 210 Å². The van der Waals surface area contributed by atoms with Gasteiger partial charge in [0.15, 0.2) is 11.4 Å². The zero-order valence-corrected chi connectivity index (χ0v) is 20.7. The third kappa shape index (κ3) is 5.69. The molecule has 1 saturated heterocycles. The summed E-state index contributed by atoms with van der Waals surface area (Å²) in [6, 6.07) is 2.41. The fourth-order valence-corrected chi connectivity index (χ4v) is 4.26. The third-order valence-corrected chi connectivity index (χ3v) is 6.60. The molecule has 204 valence electrons. The number of methoxy groups -OCH3 is 1. The van der Waals surface area contributed by atoms with Gasteiger partial charge in [-0.2, -0.15) is 13.2 Å². The summed E-state index contributed by atoms with van der Waals surface area (Å²) in [6.45, 7) is 3.15. The molecule has 2 heterocycles. The molecule has 1 amide bonds. The number of halogens is 4. The Bertz CT molecular complexity index is 1100. The molecule has 1 aromatic heterocycles. The highest BCUT2D eigenvalue weighted by molar-refractivity contribution is 5.95. The van der Waals surface area contributed by atoms with Gasteiger partial charge in [-0.15, -0.1) is 0 Å². The fraction of sp³-hybridized carbons (Fsp3) is 0.542. The number of hydrogen-bond donors (Lipinski definition) is 3. The first kappa shape index (κ1) is 28.7. The quantitative estimate of drug-likeness (QED) is 0.333. The van der Waals surface area contributed by atoms with E-state index in [9.17, 15) is 27.5 Å². The van der Waals surface area contributed by atoms with Gasteiger partial charge in [0.05, 0.1) is 31.3 Å². The van der Waals surface area contributed by atoms with Crippen molar-refractivity contribution in [3.63, 3.8) is 0 Å². The van der Waals surface area contributed by atoms with Crippen LogP contribution >= 0.6 is 0 Å². The molecule has 0 spiro atoms. The number of nitrogens with zero attached hydrogens (tertiary/aromatic N) is 2. The van der Waals surface area contributed by atoms with Gasteiger partial charge >= 0.3 is 6.18 Å². The zero-order chi connectivity index (χ0) is 27.5. The van der Waals surface area contributed by atoms with Crippen LogP contribution in [0.4, 0.5) is 23.2 Å². The summed E-state index contributed by atoms with van der Waals surface area (Å²) in [5.41, 5.74) is -2.40. The molecular formula is C24H29F4N3O6. The highest BCUT2D eigenvalue weighted by Gasteiger charge is 2.65. The highest BCUT2D eigenvalue weighted by atomic mass is 19.4. The van der Waals surface area contributed by atoms with E-state index >= 15 is 0 Å². The topological polar surface area (TPSA) is 123 Å². The number of rotatable bonds is 9. The third-order valence-electron chi connectivity index (χ3n) is 6.60. The monoisotopic (exact) mass is 531 g/mol. The highest BCUT2D eigenvalue weighted by Crippen LogP contribution is 2.55. The molecule has 0 aliphatic carbocycles. The van der Waals surface area contributed by atoms with Crippen LogP contribution in [0.1, 0.15) is 42.8 Å². The lowest BCUT2D eigenvalue weighted by Crippen LogP contribution is -2.47. The predicted octanol–water partition coefficient (Wildman–Crippen LogP) is 3.05. The maximum Gasteiger partial charge on any atom is 0.417 e. The van der Waals surface area contributed by atoms with Crippen LogP contribution in [0.2, 0.25) is 0 Å². The molecule has 1 fully saturated rings. The van der Waals surface area contributed by atoms with E-state index < -0.39 is 54.2 Å². The Morgan fingerprint density at radius 1 is 1.27 bits per heavy atom. The molecule has 9 nitrogen and oxygen atoms in total. The lowest BCUT2D eigenvalue weighted by Gasteiger charge is -2.32. The van der Waals surface area contributed by atoms with Gasteiger partial charge < -0.3 is 29.7 Å². The van der Waals surface area contributed by atoms with Crippen molar-refractivity contribution in [2.45, 2.75) is 50.7 Å². The molecule has 0 bridgehead atoms. The van der Waals surface area contributed by atoms with Crippen LogP contribution in [0.3, 0.4) is 0 Å². The molecule has 0 radical (unpaired) electrons. The molecule has 1 unspecified atom stereocenters. The normalized spacial score (nSPS) is 24.6. The smallest absolute Gasteiger partial charge is 0.417 e. The average Bonchev–Trinajstić information content (AvgIpc) is 3.13. The number of aliphatic hydroxyl groups is 2. The lowest BCUT2D eigenvalue weighted by molar-refractivity contribution is -0.272. The van der Waals surface area contributed by atoms with Crippen molar-refractivity contribution >= 4 is 11.6 Å². The Kier molecular flexibility index (Phi) is 8.73. The van der Waals surface area contributed by atoms with Crippen LogP contribution < -0.4 is 10.1 Å². The summed E-state index contributed by atoms with van der Waals surface area (Å²) in [7, 11) is 1.44. The van der Waals surface area contributed by atoms with Gasteiger partial charge in [-0.05, 0) is 19.9 Å². The van der Waals surface area contributed by atoms with E-state index in [0.29, 0.717) is 0 Å². The predicted molar refractivity (Wildman–Crippen MR) is 122 cm³/mol. The van der Waals surface area contributed by atoms with Gasteiger partial charge in [0.2, 0.25) is 0 Å². The molecule has 3 rings (SSSR count). The second-order valence-electron chi connectivity index (χ2n) is 8.91. The maximum atomic E-state index is 14.4. The lowest BCUT2D eigenvalue weighted by atomic mass is 9.76. The standard InChI is InChI=1S/C24H29F4N3O6/c1-12-16(25)6-5-15(19(12)36-8-7-35-4)18-13(2)23(3,24(26,27)28)37-20(18)22(34)31-14-9-29-21(30-10-14)17(33)11-32/h5-6,9-10,13,17-18,20,32-33H,7-8,11H2,1-4H3,(H,31,34)/t13-,17?,18-,20+,23+/m0/s1. The van der Waals surface area contributed by atoms with E-state index in [1.165, 1.54) is 27.0 Å². The molecule has 0 saturated carbocycles. The number of anilines is 1. The molecule has 1 aliphatic rings. The van der Waals surface area contributed by atoms with E-state index in [2.05, 4.69) is 15.3 Å². The Morgan fingerprint density at radius 2 is 1.92 bits per heavy atom. The minimum absolute atomic E-state index is 0.00648. The van der Waals surface area contributed by atoms with Crippen LogP contribution in [0.15, 0.2) is 24.5 Å². The summed E-state index contributed by atoms with van der Waals surface area (Å²) in [6.07, 6.45) is -5.53. The summed E-state index contributed by atoms with van der Waals surface area (Å²) < 4.78 is 73.0. The summed E-state index contributed by atoms with van der Waals surface area (Å²) in [5, 5.41) is 21.1. The number of ether oxygens (including phenoxy) is 3. The van der Waals surface area contributed by atoms with Crippen LogP contribution in [0, 0.1) is 18.7 Å². The molecule has 1 aliphatic heterocycles. The SMILES string of the molecule is COCCOc1c([C@H]2[C@H](C(=O)Nc3cnc(C(O)CO)nc3)O[C@@](C)(C(F)(F)F)[C@H]2C)ccc(F)c1C. The largest absolute Gasteiger partial charge is 0.491 e. The zero-order valence-electron chi connectivity index (χ0n) is 20.7. The van der Waals surface area contributed by atoms with Crippen LogP contribution in [-0.2, 0) is 14.3 Å². The Hall–Kier alpha value is -2.87. The van der Waals surface area contributed by atoms with Gasteiger partial charge in [0, 0.05) is 30.1 Å². The van der Waals surface area contributed by atoms with Crippen molar-refractivity contribution in [2.75, 3.05) is 32.2 Å². The van der Waals surface area contributed by atoms with E-state index in [-0.39, 0.29) is 41.6 Å². The molecule has 2 aromatic rings. The first-order chi connectivity index (χ1) is 17.4. The summed E-state index contributed by atoms with van der Waals surface area (Å²) in [5.74, 6) is -4.05. The van der Waals surface area contributed by atoms with Crippen LogP contribution in [0.5, 0.6) is 5.75 Å². The van der Waals surface area contributed by atoms with Gasteiger partial charge in [-0.3, -0.25) is 4.79 Å². The molecule has 3 N–H and O–H groups in total. The fourth-order valence-electron chi connectivity index (χ4n) is 4.26. The summed E-state index contributed by atoms with van der Waals surface area (Å²) in [4.78, 5) is 20.9. The number of aliphatic hydroxyl groups excluding tert-OH is 2. The number of aromatic nitrogens is 2. The van der Waals surface area contributed by atoms with Gasteiger partial charge in [-0.25, -0.2) is 14.4 Å². The molecule has 37 heavy (non-hydrogen) atoms. The van der Waals surface area contributed by atoms with Crippen molar-refractivity contribution in [3.8, 4) is 5.75 Å². The number of carbonyl (C=O) groups is 1. The van der Waals surface area contributed by atoms with Crippen LogP contribution in [0.25, 0.3) is 0 Å². The van der Waals surface area contributed by atoms with E-state index in [1.54, 1.807) is 0 Å². The van der Waals surface area contributed by atoms with Crippen LogP contribution in [-0.4, -0.2) is 70.9 Å². The van der Waals surface area contributed by atoms with E-state index in [1.807, 2.05) is 0 Å². The van der Waals surface area contributed by atoms with Gasteiger partial charge in [-0.1, -0.05) is 13.0 Å². The first-order valence-electron chi connectivity index (χ1n) is 11.4. The number of nitrogens with one attached hydrogen (secondary N) is 1. The van der Waals surface area contributed by atoms with Crippen molar-refractivity contribution < 1.29 is 46.8 Å². The Balaban J connectivity index is 2.02. The average molecular weight is 532 g/mol. The minimum atomic E-state index is -4.82. The van der Waals surface area contributed by atoms with Gasteiger partial charge in [0.1, 0.15) is 30.4 Å². The molecule has 5 atom stereocenters.